The van der Waals surface area contributed by atoms with E-state index in [1.54, 1.807) is 4.90 Å². The molecule has 0 saturated heterocycles. The SMILES string of the molecule is CCC(C)NCCN(C(=O)OC(C)(C)C)C(C)C. The fourth-order valence-electron chi connectivity index (χ4n) is 1.46. The minimum Gasteiger partial charge on any atom is -0.444 e. The summed E-state index contributed by atoms with van der Waals surface area (Å²) in [6.45, 7) is 15.4. The number of nitrogens with zero attached hydrogens (tertiary/aromatic N) is 1. The van der Waals surface area contributed by atoms with E-state index in [1.165, 1.54) is 0 Å². The van der Waals surface area contributed by atoms with E-state index in [9.17, 15) is 4.79 Å². The Balaban J connectivity index is 4.27. The number of carbonyl (C=O) groups excluding carboxylic acids is 1. The molecule has 0 heterocycles. The molecule has 0 aliphatic carbocycles. The number of amides is 1. The Kier molecular flexibility index (Phi) is 7.29. The topological polar surface area (TPSA) is 41.6 Å². The van der Waals surface area contributed by atoms with Crippen molar-refractivity contribution in [1.29, 1.82) is 0 Å². The third-order valence-corrected chi connectivity index (χ3v) is 2.71. The average Bonchev–Trinajstić information content (AvgIpc) is 2.20. The first-order valence-corrected chi connectivity index (χ1v) is 6.90. The van der Waals surface area contributed by atoms with E-state index in [1.807, 2.05) is 34.6 Å². The van der Waals surface area contributed by atoms with Gasteiger partial charge >= 0.3 is 6.09 Å². The molecule has 1 atom stereocenters. The summed E-state index contributed by atoms with van der Waals surface area (Å²) in [6.07, 6.45) is 0.858. The smallest absolute Gasteiger partial charge is 0.410 e. The van der Waals surface area contributed by atoms with E-state index in [2.05, 4.69) is 19.2 Å². The van der Waals surface area contributed by atoms with Gasteiger partial charge in [0, 0.05) is 25.2 Å². The molecule has 0 spiro atoms. The molecule has 0 aromatic rings. The van der Waals surface area contributed by atoms with Gasteiger partial charge in [0.2, 0.25) is 0 Å². The number of nitrogens with one attached hydrogen (secondary N) is 1. The second-order valence-electron chi connectivity index (χ2n) is 6.03. The van der Waals surface area contributed by atoms with Crippen LogP contribution in [0.25, 0.3) is 0 Å². The van der Waals surface area contributed by atoms with Gasteiger partial charge in [0.1, 0.15) is 5.60 Å². The maximum absolute atomic E-state index is 12.0. The molecule has 0 fully saturated rings. The van der Waals surface area contributed by atoms with Crippen molar-refractivity contribution in [3.63, 3.8) is 0 Å². The van der Waals surface area contributed by atoms with Gasteiger partial charge in [0.15, 0.2) is 0 Å². The van der Waals surface area contributed by atoms with Crippen molar-refractivity contribution in [2.45, 2.75) is 72.6 Å². The van der Waals surface area contributed by atoms with Gasteiger partial charge in [-0.1, -0.05) is 6.92 Å². The lowest BCUT2D eigenvalue weighted by molar-refractivity contribution is 0.0192. The van der Waals surface area contributed by atoms with Crippen molar-refractivity contribution < 1.29 is 9.53 Å². The molecule has 4 heteroatoms. The van der Waals surface area contributed by atoms with Crippen molar-refractivity contribution in [2.24, 2.45) is 0 Å². The van der Waals surface area contributed by atoms with Gasteiger partial charge in [0.25, 0.3) is 0 Å². The molecule has 0 aliphatic heterocycles. The molecule has 0 bridgehead atoms. The number of ether oxygens (including phenoxy) is 1. The van der Waals surface area contributed by atoms with Crippen LogP contribution in [-0.2, 0) is 4.74 Å². The van der Waals surface area contributed by atoms with E-state index < -0.39 is 5.60 Å². The van der Waals surface area contributed by atoms with Gasteiger partial charge < -0.3 is 15.0 Å². The van der Waals surface area contributed by atoms with Crippen LogP contribution in [0.15, 0.2) is 0 Å². The molecule has 0 aromatic carbocycles. The molecular weight excluding hydrogens is 228 g/mol. The quantitative estimate of drug-likeness (QED) is 0.796. The second kappa shape index (κ2) is 7.62. The Hall–Kier alpha value is -0.770. The summed E-state index contributed by atoms with van der Waals surface area (Å²) in [5.74, 6) is 0. The zero-order valence-corrected chi connectivity index (χ0v) is 13.0. The minimum absolute atomic E-state index is 0.151. The predicted molar refractivity (Wildman–Crippen MR) is 75.8 cm³/mol. The molecule has 1 N–H and O–H groups in total. The number of hydrogen-bond acceptors (Lipinski definition) is 3. The predicted octanol–water partition coefficient (Wildman–Crippen LogP) is 3.02. The second-order valence-corrected chi connectivity index (χ2v) is 6.03. The summed E-state index contributed by atoms with van der Waals surface area (Å²) in [4.78, 5) is 13.8. The van der Waals surface area contributed by atoms with Crippen LogP contribution in [-0.4, -0.2) is 41.8 Å². The van der Waals surface area contributed by atoms with Crippen molar-refractivity contribution in [3.8, 4) is 0 Å². The average molecular weight is 258 g/mol. The molecule has 0 saturated carbocycles. The Bertz CT molecular complexity index is 247. The van der Waals surface area contributed by atoms with E-state index in [-0.39, 0.29) is 12.1 Å². The van der Waals surface area contributed by atoms with E-state index in [0.717, 1.165) is 13.0 Å². The number of carbonyl (C=O) groups is 1. The maximum atomic E-state index is 12.0. The zero-order chi connectivity index (χ0) is 14.3. The molecular formula is C14H30N2O2. The molecule has 18 heavy (non-hydrogen) atoms. The number of rotatable bonds is 6. The Labute approximate surface area is 112 Å². The van der Waals surface area contributed by atoms with Crippen LogP contribution in [0.1, 0.15) is 54.9 Å². The Morgan fingerprint density at radius 3 is 2.22 bits per heavy atom. The first kappa shape index (κ1) is 17.2. The van der Waals surface area contributed by atoms with E-state index in [0.29, 0.717) is 12.6 Å². The normalized spacial score (nSPS) is 13.6. The Morgan fingerprint density at radius 2 is 1.83 bits per heavy atom. The van der Waals surface area contributed by atoms with Crippen molar-refractivity contribution in [1.82, 2.24) is 10.2 Å². The van der Waals surface area contributed by atoms with E-state index in [4.69, 9.17) is 4.74 Å². The monoisotopic (exact) mass is 258 g/mol. The molecule has 108 valence electrons. The first-order chi connectivity index (χ1) is 8.17. The first-order valence-electron chi connectivity index (χ1n) is 6.90. The van der Waals surface area contributed by atoms with Crippen LogP contribution in [0.3, 0.4) is 0 Å². The third kappa shape index (κ3) is 7.54. The van der Waals surface area contributed by atoms with Gasteiger partial charge in [0.05, 0.1) is 0 Å². The minimum atomic E-state index is -0.436. The molecule has 0 aromatic heterocycles. The molecule has 1 unspecified atom stereocenters. The molecule has 4 nitrogen and oxygen atoms in total. The highest BCUT2D eigenvalue weighted by atomic mass is 16.6. The van der Waals surface area contributed by atoms with Crippen LogP contribution < -0.4 is 5.32 Å². The highest BCUT2D eigenvalue weighted by Crippen LogP contribution is 2.11. The van der Waals surface area contributed by atoms with Crippen molar-refractivity contribution >= 4 is 6.09 Å². The fraction of sp³-hybridized carbons (Fsp3) is 0.929. The van der Waals surface area contributed by atoms with Crippen molar-refractivity contribution in [2.75, 3.05) is 13.1 Å². The Morgan fingerprint density at radius 1 is 1.28 bits per heavy atom. The summed E-state index contributed by atoms with van der Waals surface area (Å²) in [5.41, 5.74) is -0.436. The highest BCUT2D eigenvalue weighted by molar-refractivity contribution is 5.68. The lowest BCUT2D eigenvalue weighted by atomic mass is 10.2. The molecule has 0 aliphatic rings. The largest absolute Gasteiger partial charge is 0.444 e. The molecule has 0 radical (unpaired) electrons. The summed E-state index contributed by atoms with van der Waals surface area (Å²) < 4.78 is 5.40. The van der Waals surface area contributed by atoms with Crippen LogP contribution in [0.4, 0.5) is 4.79 Å². The molecule has 1 amide bonds. The van der Waals surface area contributed by atoms with Crippen LogP contribution in [0.5, 0.6) is 0 Å². The fourth-order valence-corrected chi connectivity index (χ4v) is 1.46. The lowest BCUT2D eigenvalue weighted by Crippen LogP contribution is -2.45. The van der Waals surface area contributed by atoms with Gasteiger partial charge in [-0.3, -0.25) is 0 Å². The van der Waals surface area contributed by atoms with Crippen molar-refractivity contribution in [3.05, 3.63) is 0 Å². The third-order valence-electron chi connectivity index (χ3n) is 2.71. The number of hydrogen-bond donors (Lipinski definition) is 1. The molecule has 0 rings (SSSR count). The summed E-state index contributed by atoms with van der Waals surface area (Å²) in [7, 11) is 0. The highest BCUT2D eigenvalue weighted by Gasteiger charge is 2.23. The lowest BCUT2D eigenvalue weighted by Gasteiger charge is -2.30. The summed E-state index contributed by atoms with van der Waals surface area (Å²) in [5, 5.41) is 3.39. The summed E-state index contributed by atoms with van der Waals surface area (Å²) in [6, 6.07) is 0.635. The van der Waals surface area contributed by atoms with Gasteiger partial charge in [-0.25, -0.2) is 4.79 Å². The summed E-state index contributed by atoms with van der Waals surface area (Å²) >= 11 is 0. The van der Waals surface area contributed by atoms with Crippen LogP contribution in [0.2, 0.25) is 0 Å². The standard InChI is InChI=1S/C14H30N2O2/c1-8-12(4)15-9-10-16(11(2)3)13(17)18-14(5,6)7/h11-12,15H,8-10H2,1-7H3. The van der Waals surface area contributed by atoms with Gasteiger partial charge in [-0.15, -0.1) is 0 Å². The van der Waals surface area contributed by atoms with Crippen LogP contribution >= 0.6 is 0 Å². The zero-order valence-electron chi connectivity index (χ0n) is 13.0. The maximum Gasteiger partial charge on any atom is 0.410 e. The van der Waals surface area contributed by atoms with Gasteiger partial charge in [-0.2, -0.15) is 0 Å². The van der Waals surface area contributed by atoms with Crippen LogP contribution in [0, 0.1) is 0 Å². The van der Waals surface area contributed by atoms with E-state index >= 15 is 0 Å². The van der Waals surface area contributed by atoms with Gasteiger partial charge in [-0.05, 0) is 48.0 Å².